The third kappa shape index (κ3) is 8.09. The second kappa shape index (κ2) is 10.7. The summed E-state index contributed by atoms with van der Waals surface area (Å²) in [7, 11) is 0. The van der Waals surface area contributed by atoms with Gasteiger partial charge in [0.15, 0.2) is 0 Å². The Hall–Kier alpha value is -1.04. The van der Waals surface area contributed by atoms with Crippen LogP contribution in [0.4, 0.5) is 0 Å². The van der Waals surface area contributed by atoms with E-state index in [1.54, 1.807) is 6.07 Å². The summed E-state index contributed by atoms with van der Waals surface area (Å²) in [6.45, 7) is 1.44. The third-order valence-corrected chi connectivity index (χ3v) is 3.27. The van der Waals surface area contributed by atoms with E-state index in [9.17, 15) is 4.79 Å². The molecule has 118 valence electrons. The van der Waals surface area contributed by atoms with Gasteiger partial charge < -0.3 is 15.8 Å². The van der Waals surface area contributed by atoms with E-state index in [1.807, 2.05) is 0 Å². The summed E-state index contributed by atoms with van der Waals surface area (Å²) >= 11 is 11.6. The zero-order chi connectivity index (χ0) is 15.5. The molecular formula is C14H21Cl2N3O2. The molecule has 7 heteroatoms. The maximum atomic E-state index is 11.5. The monoisotopic (exact) mass is 333 g/mol. The molecule has 3 N–H and O–H groups in total. The summed E-state index contributed by atoms with van der Waals surface area (Å²) in [5.41, 5.74) is 5.40. The van der Waals surface area contributed by atoms with E-state index in [-0.39, 0.29) is 5.91 Å². The molecule has 5 nitrogen and oxygen atoms in total. The van der Waals surface area contributed by atoms with Crippen LogP contribution in [-0.2, 0) is 4.79 Å². The molecule has 0 aliphatic carbocycles. The lowest BCUT2D eigenvalue weighted by Crippen LogP contribution is -2.27. The molecule has 0 saturated carbocycles. The third-order valence-electron chi connectivity index (χ3n) is 2.80. The minimum Gasteiger partial charge on any atom is -0.475 e. The number of carbonyl (C=O) groups excluding carboxylic acids is 1. The van der Waals surface area contributed by atoms with Gasteiger partial charge >= 0.3 is 0 Å². The van der Waals surface area contributed by atoms with Crippen molar-refractivity contribution in [1.82, 2.24) is 10.3 Å². The Morgan fingerprint density at radius 2 is 2.05 bits per heavy atom. The first-order valence-corrected chi connectivity index (χ1v) is 7.79. The van der Waals surface area contributed by atoms with Gasteiger partial charge in [0.25, 0.3) is 0 Å². The SMILES string of the molecule is NCCCCCCC(=O)NCCOc1ncc(Cl)cc1Cl. The van der Waals surface area contributed by atoms with Gasteiger partial charge in [0, 0.05) is 12.6 Å². The fraction of sp³-hybridized carbons (Fsp3) is 0.571. The number of aromatic nitrogens is 1. The molecule has 0 aliphatic heterocycles. The Kier molecular flexibility index (Phi) is 9.14. The Balaban J connectivity index is 2.09. The first-order valence-electron chi connectivity index (χ1n) is 7.04. The normalized spacial score (nSPS) is 10.4. The van der Waals surface area contributed by atoms with Crippen LogP contribution < -0.4 is 15.8 Å². The molecule has 0 spiro atoms. The van der Waals surface area contributed by atoms with E-state index in [2.05, 4.69) is 10.3 Å². The predicted octanol–water partition coefficient (Wildman–Crippen LogP) is 2.79. The summed E-state index contributed by atoms with van der Waals surface area (Å²) in [5.74, 6) is 0.346. The van der Waals surface area contributed by atoms with Crippen LogP contribution in [0.1, 0.15) is 32.1 Å². The van der Waals surface area contributed by atoms with E-state index in [0.717, 1.165) is 25.7 Å². The van der Waals surface area contributed by atoms with E-state index < -0.39 is 0 Å². The molecule has 0 unspecified atom stereocenters. The number of unbranched alkanes of at least 4 members (excludes halogenated alkanes) is 3. The van der Waals surface area contributed by atoms with E-state index >= 15 is 0 Å². The largest absolute Gasteiger partial charge is 0.475 e. The van der Waals surface area contributed by atoms with Crippen molar-refractivity contribution >= 4 is 29.1 Å². The molecule has 1 aromatic rings. The number of rotatable bonds is 10. The van der Waals surface area contributed by atoms with Crippen LogP contribution in [0.3, 0.4) is 0 Å². The maximum absolute atomic E-state index is 11.5. The second-order valence-electron chi connectivity index (χ2n) is 4.59. The van der Waals surface area contributed by atoms with Gasteiger partial charge in [-0.1, -0.05) is 36.0 Å². The predicted molar refractivity (Wildman–Crippen MR) is 84.9 cm³/mol. The molecule has 0 radical (unpaired) electrons. The Bertz CT molecular complexity index is 444. The number of halogens is 2. The van der Waals surface area contributed by atoms with Gasteiger partial charge in [0.2, 0.25) is 11.8 Å². The molecule has 0 atom stereocenters. The van der Waals surface area contributed by atoms with Crippen LogP contribution in [0, 0.1) is 0 Å². The van der Waals surface area contributed by atoms with Crippen LogP contribution in [0.15, 0.2) is 12.3 Å². The molecule has 21 heavy (non-hydrogen) atoms. The van der Waals surface area contributed by atoms with Gasteiger partial charge in [-0.25, -0.2) is 4.98 Å². The quantitative estimate of drug-likeness (QED) is 0.645. The summed E-state index contributed by atoms with van der Waals surface area (Å²) in [6, 6.07) is 1.56. The van der Waals surface area contributed by atoms with Gasteiger partial charge in [-0.15, -0.1) is 0 Å². The second-order valence-corrected chi connectivity index (χ2v) is 5.44. The zero-order valence-corrected chi connectivity index (χ0v) is 13.4. The van der Waals surface area contributed by atoms with Crippen LogP contribution in [-0.4, -0.2) is 30.6 Å². The van der Waals surface area contributed by atoms with Gasteiger partial charge in [-0.05, 0) is 25.5 Å². The number of hydrogen-bond acceptors (Lipinski definition) is 4. The number of amides is 1. The lowest BCUT2D eigenvalue weighted by Gasteiger charge is -2.08. The smallest absolute Gasteiger partial charge is 0.232 e. The van der Waals surface area contributed by atoms with Crippen molar-refractivity contribution in [2.75, 3.05) is 19.7 Å². The highest BCUT2D eigenvalue weighted by atomic mass is 35.5. The minimum absolute atomic E-state index is 0.0292. The van der Waals surface area contributed by atoms with Gasteiger partial charge in [0.05, 0.1) is 11.6 Å². The average molecular weight is 334 g/mol. The molecule has 0 bridgehead atoms. The van der Waals surface area contributed by atoms with Gasteiger partial charge in [-0.2, -0.15) is 0 Å². The van der Waals surface area contributed by atoms with E-state index in [0.29, 0.717) is 42.0 Å². The Morgan fingerprint density at radius 1 is 1.29 bits per heavy atom. The molecule has 1 amide bonds. The standard InChI is InChI=1S/C14H21Cl2N3O2/c15-11-9-12(16)14(19-10-11)21-8-7-18-13(20)5-3-1-2-4-6-17/h9-10H,1-8,17H2,(H,18,20). The molecule has 1 aromatic heterocycles. The highest BCUT2D eigenvalue weighted by Crippen LogP contribution is 2.24. The van der Waals surface area contributed by atoms with Crippen molar-refractivity contribution in [2.24, 2.45) is 5.73 Å². The van der Waals surface area contributed by atoms with Crippen molar-refractivity contribution < 1.29 is 9.53 Å². The highest BCUT2D eigenvalue weighted by Gasteiger charge is 2.05. The maximum Gasteiger partial charge on any atom is 0.232 e. The van der Waals surface area contributed by atoms with Crippen molar-refractivity contribution in [2.45, 2.75) is 32.1 Å². The first-order chi connectivity index (χ1) is 10.1. The van der Waals surface area contributed by atoms with Crippen LogP contribution in [0.5, 0.6) is 5.88 Å². The summed E-state index contributed by atoms with van der Waals surface area (Å²) in [6.07, 6.45) is 6.01. The van der Waals surface area contributed by atoms with E-state index in [4.69, 9.17) is 33.7 Å². The van der Waals surface area contributed by atoms with Crippen LogP contribution >= 0.6 is 23.2 Å². The number of nitrogens with one attached hydrogen (secondary N) is 1. The van der Waals surface area contributed by atoms with Gasteiger partial charge in [-0.3, -0.25) is 4.79 Å². The average Bonchev–Trinajstić information content (AvgIpc) is 2.45. The zero-order valence-electron chi connectivity index (χ0n) is 11.9. The van der Waals surface area contributed by atoms with Crippen molar-refractivity contribution in [3.8, 4) is 5.88 Å². The molecule has 0 aliphatic rings. The number of carbonyl (C=O) groups is 1. The van der Waals surface area contributed by atoms with Crippen LogP contribution in [0.25, 0.3) is 0 Å². The fourth-order valence-corrected chi connectivity index (χ4v) is 2.15. The number of pyridine rings is 1. The van der Waals surface area contributed by atoms with Crippen LogP contribution in [0.2, 0.25) is 10.0 Å². The van der Waals surface area contributed by atoms with Gasteiger partial charge in [0.1, 0.15) is 11.6 Å². The molecule has 0 fully saturated rings. The molecule has 0 aromatic carbocycles. The number of nitrogens with zero attached hydrogens (tertiary/aromatic N) is 1. The number of hydrogen-bond donors (Lipinski definition) is 2. The lowest BCUT2D eigenvalue weighted by molar-refractivity contribution is -0.121. The highest BCUT2D eigenvalue weighted by molar-refractivity contribution is 6.35. The fourth-order valence-electron chi connectivity index (χ4n) is 1.72. The van der Waals surface area contributed by atoms with E-state index in [1.165, 1.54) is 6.20 Å². The topological polar surface area (TPSA) is 77.2 Å². The molecule has 1 rings (SSSR count). The van der Waals surface area contributed by atoms with Crippen molar-refractivity contribution in [1.29, 1.82) is 0 Å². The Morgan fingerprint density at radius 3 is 2.76 bits per heavy atom. The summed E-state index contributed by atoms with van der Waals surface area (Å²) < 4.78 is 5.37. The number of ether oxygens (including phenoxy) is 1. The Labute approximate surface area is 135 Å². The number of nitrogens with two attached hydrogens (primary N) is 1. The van der Waals surface area contributed by atoms with Crippen molar-refractivity contribution in [3.05, 3.63) is 22.3 Å². The minimum atomic E-state index is 0.0292. The van der Waals surface area contributed by atoms with Crippen molar-refractivity contribution in [3.63, 3.8) is 0 Å². The first kappa shape index (κ1) is 18.0. The molecule has 0 saturated heterocycles. The lowest BCUT2D eigenvalue weighted by atomic mass is 10.1. The molecule has 1 heterocycles. The summed E-state index contributed by atoms with van der Waals surface area (Å²) in [4.78, 5) is 15.5. The molecular weight excluding hydrogens is 313 g/mol. The summed E-state index contributed by atoms with van der Waals surface area (Å²) in [5, 5.41) is 3.60.